The van der Waals surface area contributed by atoms with Crippen molar-refractivity contribution >= 4 is 0 Å². The summed E-state index contributed by atoms with van der Waals surface area (Å²) in [5.41, 5.74) is 2.60. The van der Waals surface area contributed by atoms with Gasteiger partial charge in [0.05, 0.1) is 0 Å². The lowest BCUT2D eigenvalue weighted by atomic mass is 9.96. The Bertz CT molecular complexity index is 508. The number of ether oxygens (including phenoxy) is 1. The molecule has 1 aromatic heterocycles. The Morgan fingerprint density at radius 3 is 2.59 bits per heavy atom. The molecule has 0 radical (unpaired) electrons. The molecule has 0 saturated heterocycles. The lowest BCUT2D eigenvalue weighted by Crippen LogP contribution is -2.05. The van der Waals surface area contributed by atoms with Gasteiger partial charge in [0.25, 0.3) is 0 Å². The van der Waals surface area contributed by atoms with Crippen molar-refractivity contribution in [2.75, 3.05) is 0 Å². The van der Waals surface area contributed by atoms with Gasteiger partial charge in [0.1, 0.15) is 5.75 Å². The number of fused-ring (bicyclic) bond motifs is 1. The quantitative estimate of drug-likeness (QED) is 0.776. The summed E-state index contributed by atoms with van der Waals surface area (Å²) in [6.07, 6.45) is 4.78. The Labute approximate surface area is 101 Å². The molecule has 0 N–H and O–H groups in total. The zero-order valence-electron chi connectivity index (χ0n) is 9.73. The number of para-hydroxylation sites is 1. The summed E-state index contributed by atoms with van der Waals surface area (Å²) >= 11 is 0. The molecule has 0 atom stereocenters. The summed E-state index contributed by atoms with van der Waals surface area (Å²) in [6.45, 7) is 0. The van der Waals surface area contributed by atoms with E-state index in [0.29, 0.717) is 5.88 Å². The first-order valence-corrected chi connectivity index (χ1v) is 6.13. The highest BCUT2D eigenvalue weighted by Crippen LogP contribution is 2.24. The summed E-state index contributed by atoms with van der Waals surface area (Å²) in [5.74, 6) is 1.55. The zero-order chi connectivity index (χ0) is 11.5. The maximum absolute atomic E-state index is 5.73. The second-order valence-electron chi connectivity index (χ2n) is 4.38. The van der Waals surface area contributed by atoms with E-state index in [2.05, 4.69) is 11.1 Å². The van der Waals surface area contributed by atoms with Gasteiger partial charge in [-0.3, -0.25) is 0 Å². The largest absolute Gasteiger partial charge is 0.439 e. The lowest BCUT2D eigenvalue weighted by molar-refractivity contribution is 0.458. The van der Waals surface area contributed by atoms with E-state index in [1.165, 1.54) is 24.1 Å². The van der Waals surface area contributed by atoms with Crippen LogP contribution in [-0.4, -0.2) is 4.98 Å². The molecular weight excluding hydrogens is 210 g/mol. The van der Waals surface area contributed by atoms with Crippen LogP contribution in [0.25, 0.3) is 0 Å². The van der Waals surface area contributed by atoms with E-state index >= 15 is 0 Å². The molecule has 0 bridgehead atoms. The molecule has 0 aliphatic heterocycles. The standard InChI is InChI=1S/C15H15NO/c1-2-7-13(8-3-1)17-15-11-10-12-6-4-5-9-14(12)16-15/h1-3,7-8,10-11H,4-6,9H2. The fourth-order valence-corrected chi connectivity index (χ4v) is 2.23. The minimum atomic E-state index is 0.705. The summed E-state index contributed by atoms with van der Waals surface area (Å²) in [6, 6.07) is 13.9. The number of aryl methyl sites for hydroxylation is 2. The Kier molecular flexibility index (Phi) is 2.78. The normalized spacial score (nSPS) is 14.1. The fraction of sp³-hybridized carbons (Fsp3) is 0.267. The Balaban J connectivity index is 1.84. The van der Waals surface area contributed by atoms with Crippen LogP contribution < -0.4 is 4.74 Å². The number of pyridine rings is 1. The summed E-state index contributed by atoms with van der Waals surface area (Å²) in [4.78, 5) is 4.59. The lowest BCUT2D eigenvalue weighted by Gasteiger charge is -2.15. The van der Waals surface area contributed by atoms with Gasteiger partial charge in [0, 0.05) is 11.8 Å². The van der Waals surface area contributed by atoms with Crippen LogP contribution in [-0.2, 0) is 12.8 Å². The maximum Gasteiger partial charge on any atom is 0.219 e. The van der Waals surface area contributed by atoms with Gasteiger partial charge in [-0.15, -0.1) is 0 Å². The van der Waals surface area contributed by atoms with Crippen molar-refractivity contribution in [1.29, 1.82) is 0 Å². The topological polar surface area (TPSA) is 22.1 Å². The van der Waals surface area contributed by atoms with Crippen molar-refractivity contribution in [3.05, 3.63) is 53.7 Å². The molecule has 0 unspecified atom stereocenters. The van der Waals surface area contributed by atoms with Gasteiger partial charge >= 0.3 is 0 Å². The van der Waals surface area contributed by atoms with Gasteiger partial charge in [0.15, 0.2) is 0 Å². The molecule has 0 saturated carbocycles. The number of hydrogen-bond donors (Lipinski definition) is 0. The molecular formula is C15H15NO. The van der Waals surface area contributed by atoms with Gasteiger partial charge in [-0.05, 0) is 43.4 Å². The van der Waals surface area contributed by atoms with Crippen molar-refractivity contribution < 1.29 is 4.74 Å². The third kappa shape index (κ3) is 2.31. The molecule has 86 valence electrons. The van der Waals surface area contributed by atoms with Crippen molar-refractivity contribution in [3.63, 3.8) is 0 Å². The third-order valence-electron chi connectivity index (χ3n) is 3.12. The molecule has 2 nitrogen and oxygen atoms in total. The van der Waals surface area contributed by atoms with Gasteiger partial charge in [-0.1, -0.05) is 24.3 Å². The van der Waals surface area contributed by atoms with Gasteiger partial charge < -0.3 is 4.74 Å². The minimum Gasteiger partial charge on any atom is -0.439 e. The van der Waals surface area contributed by atoms with E-state index in [9.17, 15) is 0 Å². The predicted molar refractivity (Wildman–Crippen MR) is 67.4 cm³/mol. The molecule has 1 aliphatic rings. The van der Waals surface area contributed by atoms with Crippen LogP contribution in [0.1, 0.15) is 24.1 Å². The predicted octanol–water partition coefficient (Wildman–Crippen LogP) is 3.75. The van der Waals surface area contributed by atoms with Crippen LogP contribution in [0, 0.1) is 0 Å². The van der Waals surface area contributed by atoms with E-state index in [0.717, 1.165) is 18.6 Å². The molecule has 2 aromatic rings. The van der Waals surface area contributed by atoms with Crippen LogP contribution >= 0.6 is 0 Å². The van der Waals surface area contributed by atoms with Crippen LogP contribution in [0.2, 0.25) is 0 Å². The average Bonchev–Trinajstić information content (AvgIpc) is 2.40. The highest BCUT2D eigenvalue weighted by Gasteiger charge is 2.11. The van der Waals surface area contributed by atoms with E-state index < -0.39 is 0 Å². The summed E-state index contributed by atoms with van der Waals surface area (Å²) in [7, 11) is 0. The Morgan fingerprint density at radius 2 is 1.71 bits per heavy atom. The smallest absolute Gasteiger partial charge is 0.219 e. The number of hydrogen-bond acceptors (Lipinski definition) is 2. The number of rotatable bonds is 2. The molecule has 1 heterocycles. The number of benzene rings is 1. The summed E-state index contributed by atoms with van der Waals surface area (Å²) < 4.78 is 5.73. The maximum atomic E-state index is 5.73. The van der Waals surface area contributed by atoms with Crippen molar-refractivity contribution in [2.24, 2.45) is 0 Å². The Hall–Kier alpha value is -1.83. The molecule has 0 spiro atoms. The minimum absolute atomic E-state index is 0.705. The highest BCUT2D eigenvalue weighted by atomic mass is 16.5. The SMILES string of the molecule is c1ccc(Oc2ccc3c(n2)CCCC3)cc1. The second-order valence-corrected chi connectivity index (χ2v) is 4.38. The average molecular weight is 225 g/mol. The number of nitrogens with zero attached hydrogens (tertiary/aromatic N) is 1. The first-order chi connectivity index (χ1) is 8.42. The van der Waals surface area contributed by atoms with E-state index in [-0.39, 0.29) is 0 Å². The molecule has 1 aliphatic carbocycles. The molecule has 17 heavy (non-hydrogen) atoms. The number of aromatic nitrogens is 1. The van der Waals surface area contributed by atoms with Crippen molar-refractivity contribution in [1.82, 2.24) is 4.98 Å². The molecule has 2 heteroatoms. The van der Waals surface area contributed by atoms with Crippen LogP contribution in [0.4, 0.5) is 0 Å². The van der Waals surface area contributed by atoms with E-state index in [1.54, 1.807) is 0 Å². The monoisotopic (exact) mass is 225 g/mol. The molecule has 1 aromatic carbocycles. The Morgan fingerprint density at radius 1 is 0.882 bits per heavy atom. The molecule has 0 amide bonds. The second kappa shape index (κ2) is 4.58. The van der Waals surface area contributed by atoms with Gasteiger partial charge in [-0.2, -0.15) is 0 Å². The third-order valence-corrected chi connectivity index (χ3v) is 3.12. The van der Waals surface area contributed by atoms with Crippen LogP contribution in [0.5, 0.6) is 11.6 Å². The first-order valence-electron chi connectivity index (χ1n) is 6.13. The van der Waals surface area contributed by atoms with Gasteiger partial charge in [0.2, 0.25) is 5.88 Å². The van der Waals surface area contributed by atoms with E-state index in [1.807, 2.05) is 36.4 Å². The van der Waals surface area contributed by atoms with Crippen molar-refractivity contribution in [3.8, 4) is 11.6 Å². The molecule has 3 rings (SSSR count). The highest BCUT2D eigenvalue weighted by molar-refractivity contribution is 5.31. The van der Waals surface area contributed by atoms with Gasteiger partial charge in [-0.25, -0.2) is 4.98 Å². The van der Waals surface area contributed by atoms with Crippen LogP contribution in [0.3, 0.4) is 0 Å². The zero-order valence-corrected chi connectivity index (χ0v) is 9.73. The fourth-order valence-electron chi connectivity index (χ4n) is 2.23. The van der Waals surface area contributed by atoms with Crippen molar-refractivity contribution in [2.45, 2.75) is 25.7 Å². The first kappa shape index (κ1) is 10.3. The molecule has 0 fully saturated rings. The van der Waals surface area contributed by atoms with E-state index in [4.69, 9.17) is 4.74 Å². The van der Waals surface area contributed by atoms with Crippen LogP contribution in [0.15, 0.2) is 42.5 Å². The summed E-state index contributed by atoms with van der Waals surface area (Å²) in [5, 5.41) is 0.